The molecule has 0 aromatic heterocycles. The van der Waals surface area contributed by atoms with E-state index in [2.05, 4.69) is 0 Å². The molecule has 2 rings (SSSR count). The van der Waals surface area contributed by atoms with Crippen LogP contribution < -0.4 is 0 Å². The van der Waals surface area contributed by atoms with E-state index in [1.54, 1.807) is 30.3 Å². The Balaban J connectivity index is 2.02. The fraction of sp³-hybridized carbons (Fsp3) is 0.286. The molecule has 2 N–H and O–H groups in total. The standard InChI is InChI=1S/C14H14N2O3/c15-7-11-3-1-2-10(6-11)4-5-14(19)16-8-12(17)13(18)9-16/h1-6,12-13,17-18H,8-9H2/b5-4+. The van der Waals surface area contributed by atoms with Crippen molar-refractivity contribution in [2.24, 2.45) is 0 Å². The number of benzene rings is 1. The number of carbonyl (C=O) groups is 1. The number of aliphatic hydroxyl groups is 2. The van der Waals surface area contributed by atoms with Gasteiger partial charge < -0.3 is 15.1 Å². The SMILES string of the molecule is N#Cc1cccc(/C=C/C(=O)N2CC(O)C(O)C2)c1. The van der Waals surface area contributed by atoms with Crippen LogP contribution in [0.25, 0.3) is 6.08 Å². The Kier molecular flexibility index (Phi) is 3.95. The van der Waals surface area contributed by atoms with Crippen LogP contribution in [0.5, 0.6) is 0 Å². The number of aliphatic hydroxyl groups excluding tert-OH is 2. The van der Waals surface area contributed by atoms with E-state index in [1.807, 2.05) is 6.07 Å². The van der Waals surface area contributed by atoms with Gasteiger partial charge in [0.05, 0.1) is 23.8 Å². The fourth-order valence-corrected chi connectivity index (χ4v) is 1.93. The lowest BCUT2D eigenvalue weighted by atomic mass is 10.1. The van der Waals surface area contributed by atoms with Gasteiger partial charge in [0.15, 0.2) is 0 Å². The second kappa shape index (κ2) is 5.65. The summed E-state index contributed by atoms with van der Waals surface area (Å²) in [7, 11) is 0. The van der Waals surface area contributed by atoms with Crippen LogP contribution in [0, 0.1) is 11.3 Å². The largest absolute Gasteiger partial charge is 0.388 e. The average Bonchev–Trinajstić information content (AvgIpc) is 2.76. The topological polar surface area (TPSA) is 84.6 Å². The highest BCUT2D eigenvalue weighted by Crippen LogP contribution is 2.11. The highest BCUT2D eigenvalue weighted by Gasteiger charge is 2.31. The summed E-state index contributed by atoms with van der Waals surface area (Å²) in [6, 6.07) is 8.92. The first-order valence-electron chi connectivity index (χ1n) is 5.93. The van der Waals surface area contributed by atoms with Gasteiger partial charge in [0.1, 0.15) is 0 Å². The van der Waals surface area contributed by atoms with Crippen molar-refractivity contribution in [1.82, 2.24) is 4.90 Å². The number of hydrogen-bond acceptors (Lipinski definition) is 4. The van der Waals surface area contributed by atoms with Gasteiger partial charge in [-0.2, -0.15) is 5.26 Å². The molecule has 0 aliphatic carbocycles. The predicted molar refractivity (Wildman–Crippen MR) is 68.8 cm³/mol. The maximum atomic E-state index is 11.8. The zero-order valence-corrected chi connectivity index (χ0v) is 10.2. The van der Waals surface area contributed by atoms with Gasteiger partial charge >= 0.3 is 0 Å². The van der Waals surface area contributed by atoms with Crippen molar-refractivity contribution >= 4 is 12.0 Å². The molecule has 1 heterocycles. The van der Waals surface area contributed by atoms with E-state index in [4.69, 9.17) is 5.26 Å². The number of likely N-dealkylation sites (tertiary alicyclic amines) is 1. The van der Waals surface area contributed by atoms with Crippen molar-refractivity contribution in [3.05, 3.63) is 41.5 Å². The second-order valence-electron chi connectivity index (χ2n) is 4.45. The first kappa shape index (κ1) is 13.3. The van der Waals surface area contributed by atoms with E-state index in [1.165, 1.54) is 11.0 Å². The van der Waals surface area contributed by atoms with Crippen LogP contribution in [0.2, 0.25) is 0 Å². The molecule has 1 aliphatic rings. The van der Waals surface area contributed by atoms with Crippen LogP contribution in [0.1, 0.15) is 11.1 Å². The molecule has 2 unspecified atom stereocenters. The summed E-state index contributed by atoms with van der Waals surface area (Å²) in [6.07, 6.45) is 1.24. The van der Waals surface area contributed by atoms with Crippen LogP contribution in [-0.2, 0) is 4.79 Å². The van der Waals surface area contributed by atoms with Crippen molar-refractivity contribution in [2.45, 2.75) is 12.2 Å². The number of nitriles is 1. The van der Waals surface area contributed by atoms with E-state index >= 15 is 0 Å². The van der Waals surface area contributed by atoms with Crippen molar-refractivity contribution in [3.8, 4) is 6.07 Å². The van der Waals surface area contributed by atoms with Gasteiger partial charge in [0.2, 0.25) is 5.91 Å². The monoisotopic (exact) mass is 258 g/mol. The average molecular weight is 258 g/mol. The van der Waals surface area contributed by atoms with E-state index < -0.39 is 12.2 Å². The molecule has 0 bridgehead atoms. The lowest BCUT2D eigenvalue weighted by Gasteiger charge is -2.11. The molecule has 2 atom stereocenters. The van der Waals surface area contributed by atoms with E-state index in [9.17, 15) is 15.0 Å². The van der Waals surface area contributed by atoms with Gasteiger partial charge in [0.25, 0.3) is 0 Å². The number of rotatable bonds is 2. The summed E-state index contributed by atoms with van der Waals surface area (Å²) >= 11 is 0. The molecule has 1 aromatic carbocycles. The number of nitrogens with zero attached hydrogens (tertiary/aromatic N) is 2. The minimum Gasteiger partial charge on any atom is -0.388 e. The van der Waals surface area contributed by atoms with Crippen LogP contribution in [-0.4, -0.2) is 46.3 Å². The van der Waals surface area contributed by atoms with Crippen molar-refractivity contribution in [1.29, 1.82) is 5.26 Å². The van der Waals surface area contributed by atoms with Crippen LogP contribution in [0.15, 0.2) is 30.3 Å². The Bertz CT molecular complexity index is 538. The molecule has 0 saturated carbocycles. The molecule has 1 fully saturated rings. The Morgan fingerprint density at radius 3 is 2.68 bits per heavy atom. The summed E-state index contributed by atoms with van der Waals surface area (Å²) in [4.78, 5) is 13.2. The third kappa shape index (κ3) is 3.19. The van der Waals surface area contributed by atoms with Gasteiger partial charge in [-0.25, -0.2) is 0 Å². The lowest BCUT2D eigenvalue weighted by molar-refractivity contribution is -0.125. The number of β-amino-alcohol motifs (C(OH)–C–C–N with tert-alkyl or cyclic N) is 2. The van der Waals surface area contributed by atoms with E-state index in [-0.39, 0.29) is 19.0 Å². The van der Waals surface area contributed by atoms with Gasteiger partial charge in [0, 0.05) is 19.2 Å². The smallest absolute Gasteiger partial charge is 0.246 e. The first-order valence-corrected chi connectivity index (χ1v) is 5.93. The highest BCUT2D eigenvalue weighted by molar-refractivity contribution is 5.92. The number of carbonyl (C=O) groups excluding carboxylic acids is 1. The molecule has 5 nitrogen and oxygen atoms in total. The predicted octanol–water partition coefficient (Wildman–Crippen LogP) is 0.135. The zero-order chi connectivity index (χ0) is 13.8. The van der Waals surface area contributed by atoms with E-state index in [0.29, 0.717) is 5.56 Å². The molecule has 5 heteroatoms. The summed E-state index contributed by atoms with van der Waals surface area (Å²) in [5.74, 6) is -0.266. The lowest BCUT2D eigenvalue weighted by Crippen LogP contribution is -2.27. The second-order valence-corrected chi connectivity index (χ2v) is 4.45. The van der Waals surface area contributed by atoms with Gasteiger partial charge in [-0.3, -0.25) is 4.79 Å². The minimum absolute atomic E-state index is 0.141. The molecule has 1 amide bonds. The van der Waals surface area contributed by atoms with Crippen LogP contribution in [0.4, 0.5) is 0 Å². The van der Waals surface area contributed by atoms with Crippen LogP contribution >= 0.6 is 0 Å². The molecule has 0 spiro atoms. The molecular weight excluding hydrogens is 244 g/mol. The molecular formula is C14H14N2O3. The number of amides is 1. The van der Waals surface area contributed by atoms with E-state index in [0.717, 1.165) is 5.56 Å². The highest BCUT2D eigenvalue weighted by atomic mass is 16.3. The fourth-order valence-electron chi connectivity index (χ4n) is 1.93. The normalized spacial score (nSPS) is 22.7. The van der Waals surface area contributed by atoms with Gasteiger partial charge in [-0.05, 0) is 23.8 Å². The third-order valence-electron chi connectivity index (χ3n) is 3.00. The molecule has 1 aliphatic heterocycles. The summed E-state index contributed by atoms with van der Waals surface area (Å²) in [6.45, 7) is 0.283. The zero-order valence-electron chi connectivity index (χ0n) is 10.2. The first-order chi connectivity index (χ1) is 9.10. The summed E-state index contributed by atoms with van der Waals surface area (Å²) in [5, 5.41) is 27.5. The maximum absolute atomic E-state index is 11.8. The summed E-state index contributed by atoms with van der Waals surface area (Å²) < 4.78 is 0. The van der Waals surface area contributed by atoms with Gasteiger partial charge in [-0.1, -0.05) is 12.1 Å². The molecule has 1 aromatic rings. The molecule has 98 valence electrons. The van der Waals surface area contributed by atoms with Crippen LogP contribution in [0.3, 0.4) is 0 Å². The van der Waals surface area contributed by atoms with Crippen molar-refractivity contribution in [2.75, 3.05) is 13.1 Å². The Morgan fingerprint density at radius 1 is 1.37 bits per heavy atom. The molecule has 1 saturated heterocycles. The molecule has 19 heavy (non-hydrogen) atoms. The van der Waals surface area contributed by atoms with Crippen molar-refractivity contribution < 1.29 is 15.0 Å². The quantitative estimate of drug-likeness (QED) is 0.739. The van der Waals surface area contributed by atoms with Gasteiger partial charge in [-0.15, -0.1) is 0 Å². The molecule has 0 radical (unpaired) electrons. The Labute approximate surface area is 111 Å². The maximum Gasteiger partial charge on any atom is 0.246 e. The summed E-state index contributed by atoms with van der Waals surface area (Å²) in [5.41, 5.74) is 1.29. The van der Waals surface area contributed by atoms with Crippen molar-refractivity contribution in [3.63, 3.8) is 0 Å². The Hall–Kier alpha value is -2.16. The third-order valence-corrected chi connectivity index (χ3v) is 3.00. The number of hydrogen-bond donors (Lipinski definition) is 2. The minimum atomic E-state index is -0.876. The Morgan fingerprint density at radius 2 is 2.05 bits per heavy atom.